The van der Waals surface area contributed by atoms with Crippen LogP contribution in [-0.2, 0) is 30.5 Å². The smallest absolute Gasteiger partial charge is 0.482 e. The van der Waals surface area contributed by atoms with E-state index < -0.39 is 48.9 Å². The number of halogens is 3. The lowest BCUT2D eigenvalue weighted by molar-refractivity contribution is -0.202. The summed E-state index contributed by atoms with van der Waals surface area (Å²) < 4.78 is 47.6. The molecule has 2 saturated heterocycles. The van der Waals surface area contributed by atoms with Crippen molar-refractivity contribution in [3.05, 3.63) is 48.0 Å². The van der Waals surface area contributed by atoms with Crippen molar-refractivity contribution >= 4 is 29.5 Å². The van der Waals surface area contributed by atoms with Gasteiger partial charge in [0.2, 0.25) is 11.8 Å². The molecule has 1 N–H and O–H groups in total. The SMILES string of the molecule is O=C(COc1ccc(C(=O)CN2C(=O)CN(C3CCNCC3)CC2=O)cc1Cn1ccnc1)OC(=O)C(F)(F)F. The van der Waals surface area contributed by atoms with Crippen molar-refractivity contribution in [2.24, 2.45) is 0 Å². The van der Waals surface area contributed by atoms with Gasteiger partial charge in [0.1, 0.15) is 5.75 Å². The second-order valence-corrected chi connectivity index (χ2v) is 9.29. The van der Waals surface area contributed by atoms with Crippen molar-refractivity contribution in [1.82, 2.24) is 24.7 Å². The highest BCUT2D eigenvalue weighted by molar-refractivity contribution is 6.06. The first-order valence-electron chi connectivity index (χ1n) is 12.4. The molecule has 2 fully saturated rings. The number of piperazine rings is 1. The van der Waals surface area contributed by atoms with E-state index in [1.165, 1.54) is 30.7 Å². The van der Waals surface area contributed by atoms with Gasteiger partial charge in [-0.25, -0.2) is 14.6 Å². The molecule has 2 aromatic rings. The topological polar surface area (TPSA) is 140 Å². The van der Waals surface area contributed by atoms with Gasteiger partial charge in [-0.3, -0.25) is 24.2 Å². The number of rotatable bonds is 9. The molecule has 0 radical (unpaired) electrons. The van der Waals surface area contributed by atoms with Gasteiger partial charge in [0, 0.05) is 29.6 Å². The first-order valence-corrected chi connectivity index (χ1v) is 12.4. The highest BCUT2D eigenvalue weighted by atomic mass is 19.4. The molecule has 3 heterocycles. The third-order valence-electron chi connectivity index (χ3n) is 6.48. The molecule has 2 aliphatic heterocycles. The minimum Gasteiger partial charge on any atom is -0.482 e. The summed E-state index contributed by atoms with van der Waals surface area (Å²) in [5.74, 6) is -5.64. The van der Waals surface area contributed by atoms with E-state index in [1.807, 2.05) is 4.90 Å². The van der Waals surface area contributed by atoms with E-state index in [4.69, 9.17) is 4.74 Å². The summed E-state index contributed by atoms with van der Waals surface area (Å²) in [6.45, 7) is 0.314. The fraction of sp³-hybridized carbons (Fsp3) is 0.440. The van der Waals surface area contributed by atoms with Crippen LogP contribution in [0.1, 0.15) is 28.8 Å². The Labute approximate surface area is 226 Å². The van der Waals surface area contributed by atoms with Crippen molar-refractivity contribution in [3.8, 4) is 5.75 Å². The number of aromatic nitrogens is 2. The fourth-order valence-electron chi connectivity index (χ4n) is 4.48. The van der Waals surface area contributed by atoms with Gasteiger partial charge in [0.15, 0.2) is 12.4 Å². The second kappa shape index (κ2) is 12.4. The summed E-state index contributed by atoms with van der Waals surface area (Å²) in [4.78, 5) is 67.9. The molecule has 0 saturated carbocycles. The molecule has 0 spiro atoms. The second-order valence-electron chi connectivity index (χ2n) is 9.29. The van der Waals surface area contributed by atoms with E-state index in [1.54, 1.807) is 10.8 Å². The van der Waals surface area contributed by atoms with Crippen molar-refractivity contribution in [3.63, 3.8) is 0 Å². The van der Waals surface area contributed by atoms with Gasteiger partial charge in [-0.15, -0.1) is 0 Å². The number of piperidine rings is 1. The third kappa shape index (κ3) is 7.30. The molecule has 15 heteroatoms. The highest BCUT2D eigenvalue weighted by Gasteiger charge is 2.42. The van der Waals surface area contributed by atoms with Crippen molar-refractivity contribution in [1.29, 1.82) is 0 Å². The zero-order valence-electron chi connectivity index (χ0n) is 21.2. The number of alkyl halides is 3. The van der Waals surface area contributed by atoms with Gasteiger partial charge in [-0.2, -0.15) is 13.2 Å². The number of nitrogens with one attached hydrogen (secondary N) is 1. The Balaban J connectivity index is 1.43. The molecule has 1 aromatic heterocycles. The number of ketones is 1. The summed E-state index contributed by atoms with van der Waals surface area (Å²) in [5, 5.41) is 3.23. The quantitative estimate of drug-likeness (QED) is 0.198. The van der Waals surface area contributed by atoms with Gasteiger partial charge in [0.05, 0.1) is 32.5 Å². The molecule has 2 aliphatic rings. The van der Waals surface area contributed by atoms with E-state index in [0.29, 0.717) is 5.56 Å². The van der Waals surface area contributed by atoms with Crippen LogP contribution < -0.4 is 10.1 Å². The Morgan fingerprint density at radius 1 is 1.07 bits per heavy atom. The predicted octanol–water partition coefficient (Wildman–Crippen LogP) is 0.548. The fourth-order valence-corrected chi connectivity index (χ4v) is 4.48. The Kier molecular flexibility index (Phi) is 8.94. The maximum atomic E-state index is 13.1. The maximum Gasteiger partial charge on any atom is 0.491 e. The first-order chi connectivity index (χ1) is 19.0. The molecule has 40 heavy (non-hydrogen) atoms. The average molecular weight is 566 g/mol. The number of carbonyl (C=O) groups is 5. The van der Waals surface area contributed by atoms with Crippen LogP contribution in [-0.4, -0.2) is 100 Å². The van der Waals surface area contributed by atoms with Gasteiger partial charge >= 0.3 is 18.1 Å². The number of Topliss-reactive ketones (excluding diaryl/α,β-unsaturated/α-hetero) is 1. The average Bonchev–Trinajstić information content (AvgIpc) is 3.43. The molecule has 0 unspecified atom stereocenters. The number of hydrogen-bond donors (Lipinski definition) is 1. The van der Waals surface area contributed by atoms with E-state index in [9.17, 15) is 37.1 Å². The molecule has 0 aliphatic carbocycles. The number of hydrogen-bond acceptors (Lipinski definition) is 10. The lowest BCUT2D eigenvalue weighted by Crippen LogP contribution is -2.58. The Hall–Kier alpha value is -4.11. The number of nitrogens with zero attached hydrogens (tertiary/aromatic N) is 4. The third-order valence-corrected chi connectivity index (χ3v) is 6.48. The van der Waals surface area contributed by atoms with Crippen LogP contribution in [0.15, 0.2) is 36.9 Å². The van der Waals surface area contributed by atoms with Crippen molar-refractivity contribution in [2.45, 2.75) is 31.6 Å². The highest BCUT2D eigenvalue weighted by Crippen LogP contribution is 2.23. The van der Waals surface area contributed by atoms with Gasteiger partial charge < -0.3 is 19.4 Å². The summed E-state index contributed by atoms with van der Waals surface area (Å²) in [7, 11) is 0. The lowest BCUT2D eigenvalue weighted by Gasteiger charge is -2.38. The largest absolute Gasteiger partial charge is 0.491 e. The minimum atomic E-state index is -5.34. The Morgan fingerprint density at radius 2 is 1.77 bits per heavy atom. The molecular formula is C25H26F3N5O7. The van der Waals surface area contributed by atoms with E-state index in [0.717, 1.165) is 30.8 Å². The zero-order valence-corrected chi connectivity index (χ0v) is 21.2. The first kappa shape index (κ1) is 28.9. The molecule has 4 rings (SSSR count). The Morgan fingerprint density at radius 3 is 2.40 bits per heavy atom. The predicted molar refractivity (Wildman–Crippen MR) is 129 cm³/mol. The van der Waals surface area contributed by atoms with Crippen LogP contribution in [0, 0.1) is 0 Å². The molecule has 0 atom stereocenters. The normalized spacial score (nSPS) is 17.1. The number of carbonyl (C=O) groups excluding carboxylic acids is 5. The maximum absolute atomic E-state index is 13.1. The summed E-state index contributed by atoms with van der Waals surface area (Å²) in [6, 6.07) is 4.19. The van der Waals surface area contributed by atoms with Crippen molar-refractivity contribution in [2.75, 3.05) is 39.3 Å². The number of amides is 2. The molecule has 214 valence electrons. The van der Waals surface area contributed by atoms with Gasteiger partial charge in [-0.1, -0.05) is 0 Å². The minimum absolute atomic E-state index is 0.0318. The lowest BCUT2D eigenvalue weighted by atomic mass is 10.0. The van der Waals surface area contributed by atoms with E-state index in [2.05, 4.69) is 15.0 Å². The number of esters is 2. The van der Waals surface area contributed by atoms with Crippen LogP contribution in [0.3, 0.4) is 0 Å². The van der Waals surface area contributed by atoms with Crippen LogP contribution >= 0.6 is 0 Å². The zero-order chi connectivity index (χ0) is 28.9. The van der Waals surface area contributed by atoms with Gasteiger partial charge in [0.25, 0.3) is 0 Å². The molecular weight excluding hydrogens is 539 g/mol. The van der Waals surface area contributed by atoms with E-state index >= 15 is 0 Å². The Bertz CT molecular complexity index is 1260. The molecule has 12 nitrogen and oxygen atoms in total. The summed E-state index contributed by atoms with van der Waals surface area (Å²) in [6.07, 6.45) is 0.874. The number of imide groups is 1. The van der Waals surface area contributed by atoms with Crippen LogP contribution in [0.2, 0.25) is 0 Å². The monoisotopic (exact) mass is 565 g/mol. The van der Waals surface area contributed by atoms with Crippen molar-refractivity contribution < 1.29 is 46.6 Å². The number of ether oxygens (including phenoxy) is 2. The molecule has 1 aromatic carbocycles. The number of imidazole rings is 1. The van der Waals surface area contributed by atoms with Crippen LogP contribution in [0.4, 0.5) is 13.2 Å². The molecule has 2 amide bonds. The standard InChI is InChI=1S/C25H26F3N5O7/c26-25(27,28)24(38)40-23(37)14-39-20-2-1-16(9-17(20)10-31-8-7-30-15-31)19(34)11-33-21(35)12-32(13-22(33)36)18-3-5-29-6-4-18/h1-2,7-9,15,18,29H,3-6,10-14H2. The molecule has 0 bridgehead atoms. The van der Waals surface area contributed by atoms with E-state index in [-0.39, 0.29) is 37.0 Å². The van der Waals surface area contributed by atoms with Crippen LogP contribution in [0.25, 0.3) is 0 Å². The van der Waals surface area contributed by atoms with Gasteiger partial charge in [-0.05, 0) is 44.1 Å². The summed E-state index contributed by atoms with van der Waals surface area (Å²) in [5.41, 5.74) is 0.478. The number of benzene rings is 1. The summed E-state index contributed by atoms with van der Waals surface area (Å²) >= 11 is 0. The van der Waals surface area contributed by atoms with Crippen LogP contribution in [0.5, 0.6) is 5.75 Å².